The van der Waals surface area contributed by atoms with Crippen LogP contribution >= 0.6 is 11.3 Å². The zero-order chi connectivity index (χ0) is 15.9. The van der Waals surface area contributed by atoms with Crippen molar-refractivity contribution in [3.8, 4) is 0 Å². The molecule has 2 aromatic rings. The van der Waals surface area contributed by atoms with Crippen LogP contribution in [0.2, 0.25) is 0 Å². The normalized spacial score (nSPS) is 10.1. The van der Waals surface area contributed by atoms with E-state index in [9.17, 15) is 9.59 Å². The maximum Gasteiger partial charge on any atom is 0.239 e. The highest BCUT2D eigenvalue weighted by molar-refractivity contribution is 7.09. The quantitative estimate of drug-likeness (QED) is 0.767. The number of amides is 2. The van der Waals surface area contributed by atoms with Crippen molar-refractivity contribution in [2.24, 2.45) is 0 Å². The van der Waals surface area contributed by atoms with Gasteiger partial charge < -0.3 is 16.0 Å². The largest absolute Gasteiger partial charge is 0.376 e. The number of anilines is 2. The second kappa shape index (κ2) is 7.61. The van der Waals surface area contributed by atoms with Gasteiger partial charge in [0.15, 0.2) is 0 Å². The zero-order valence-electron chi connectivity index (χ0n) is 12.6. The predicted octanol–water partition coefficient (Wildman–Crippen LogP) is 2.74. The lowest BCUT2D eigenvalue weighted by Gasteiger charge is -2.13. The lowest BCUT2D eigenvalue weighted by atomic mass is 10.1. The molecule has 1 aromatic heterocycles. The molecule has 2 rings (SSSR count). The van der Waals surface area contributed by atoms with Gasteiger partial charge in [-0.15, -0.1) is 11.3 Å². The Balaban J connectivity index is 1.88. The highest BCUT2D eigenvalue weighted by Crippen LogP contribution is 2.23. The molecule has 3 N–H and O–H groups in total. The van der Waals surface area contributed by atoms with Gasteiger partial charge in [0.25, 0.3) is 0 Å². The third-order valence-electron chi connectivity index (χ3n) is 3.12. The van der Waals surface area contributed by atoms with E-state index >= 15 is 0 Å². The van der Waals surface area contributed by atoms with Gasteiger partial charge in [-0.2, -0.15) is 0 Å². The number of benzene rings is 1. The number of rotatable bonds is 6. The fraction of sp³-hybridized carbons (Fsp3) is 0.250. The van der Waals surface area contributed by atoms with Gasteiger partial charge in [0, 0.05) is 23.2 Å². The molecule has 2 amide bonds. The molecule has 1 heterocycles. The van der Waals surface area contributed by atoms with Crippen LogP contribution in [-0.4, -0.2) is 18.4 Å². The molecular weight excluding hydrogens is 298 g/mol. The van der Waals surface area contributed by atoms with Crippen molar-refractivity contribution in [1.82, 2.24) is 5.32 Å². The van der Waals surface area contributed by atoms with Crippen molar-refractivity contribution in [2.45, 2.75) is 20.4 Å². The highest BCUT2D eigenvalue weighted by atomic mass is 32.1. The SMILES string of the molecule is CC(=O)Nc1cccc(NCC(=O)NCc2cccs2)c1C. The van der Waals surface area contributed by atoms with Crippen molar-refractivity contribution in [3.63, 3.8) is 0 Å². The second-order valence-electron chi connectivity index (χ2n) is 4.87. The topological polar surface area (TPSA) is 70.2 Å². The summed E-state index contributed by atoms with van der Waals surface area (Å²) < 4.78 is 0. The molecule has 0 spiro atoms. The molecule has 0 aliphatic heterocycles. The van der Waals surface area contributed by atoms with Gasteiger partial charge in [-0.3, -0.25) is 9.59 Å². The van der Waals surface area contributed by atoms with E-state index in [1.165, 1.54) is 6.92 Å². The lowest BCUT2D eigenvalue weighted by molar-refractivity contribution is -0.119. The molecule has 0 bridgehead atoms. The van der Waals surface area contributed by atoms with Gasteiger partial charge in [0.1, 0.15) is 0 Å². The average molecular weight is 317 g/mol. The number of hydrogen-bond donors (Lipinski definition) is 3. The summed E-state index contributed by atoms with van der Waals surface area (Å²) in [6.45, 7) is 4.10. The lowest BCUT2D eigenvalue weighted by Crippen LogP contribution is -2.29. The highest BCUT2D eigenvalue weighted by Gasteiger charge is 2.07. The summed E-state index contributed by atoms with van der Waals surface area (Å²) in [6.07, 6.45) is 0. The van der Waals surface area contributed by atoms with Crippen LogP contribution in [0, 0.1) is 6.92 Å². The van der Waals surface area contributed by atoms with Gasteiger partial charge in [-0.05, 0) is 36.1 Å². The molecule has 0 unspecified atom stereocenters. The van der Waals surface area contributed by atoms with Crippen LogP contribution in [0.1, 0.15) is 17.4 Å². The Morgan fingerprint density at radius 3 is 2.59 bits per heavy atom. The second-order valence-corrected chi connectivity index (χ2v) is 5.90. The monoisotopic (exact) mass is 317 g/mol. The van der Waals surface area contributed by atoms with E-state index in [2.05, 4.69) is 16.0 Å². The van der Waals surface area contributed by atoms with Crippen LogP contribution in [-0.2, 0) is 16.1 Å². The minimum atomic E-state index is -0.117. The smallest absolute Gasteiger partial charge is 0.239 e. The van der Waals surface area contributed by atoms with E-state index in [4.69, 9.17) is 0 Å². The number of carbonyl (C=O) groups excluding carboxylic acids is 2. The standard InChI is InChI=1S/C16H19N3O2S/c1-11-14(6-3-7-15(11)19-12(2)20)17-10-16(21)18-9-13-5-4-8-22-13/h3-8,17H,9-10H2,1-2H3,(H,18,21)(H,19,20). The first-order valence-electron chi connectivity index (χ1n) is 6.96. The average Bonchev–Trinajstić information content (AvgIpc) is 2.99. The number of hydrogen-bond acceptors (Lipinski definition) is 4. The number of nitrogens with one attached hydrogen (secondary N) is 3. The summed E-state index contributed by atoms with van der Waals surface area (Å²) in [5, 5.41) is 10.7. The van der Waals surface area contributed by atoms with Gasteiger partial charge in [0.2, 0.25) is 11.8 Å². The molecule has 0 atom stereocenters. The van der Waals surface area contributed by atoms with Crippen molar-refractivity contribution < 1.29 is 9.59 Å². The maximum atomic E-state index is 11.8. The van der Waals surface area contributed by atoms with Crippen LogP contribution < -0.4 is 16.0 Å². The fourth-order valence-corrected chi connectivity index (χ4v) is 2.63. The first kappa shape index (κ1) is 16.0. The van der Waals surface area contributed by atoms with E-state index in [1.54, 1.807) is 11.3 Å². The van der Waals surface area contributed by atoms with Gasteiger partial charge in [-0.25, -0.2) is 0 Å². The van der Waals surface area contributed by atoms with Crippen LogP contribution in [0.15, 0.2) is 35.7 Å². The van der Waals surface area contributed by atoms with Crippen LogP contribution in [0.5, 0.6) is 0 Å². The van der Waals surface area contributed by atoms with Crippen molar-refractivity contribution in [2.75, 3.05) is 17.2 Å². The molecule has 0 aliphatic rings. The Labute approximate surface area is 133 Å². The Morgan fingerprint density at radius 1 is 1.14 bits per heavy atom. The molecule has 116 valence electrons. The Morgan fingerprint density at radius 2 is 1.91 bits per heavy atom. The number of carbonyl (C=O) groups is 2. The Kier molecular flexibility index (Phi) is 5.55. The summed E-state index contributed by atoms with van der Waals surface area (Å²) in [7, 11) is 0. The fourth-order valence-electron chi connectivity index (χ4n) is 1.99. The van der Waals surface area contributed by atoms with Crippen molar-refractivity contribution >= 4 is 34.5 Å². The van der Waals surface area contributed by atoms with E-state index < -0.39 is 0 Å². The molecule has 0 saturated heterocycles. The predicted molar refractivity (Wildman–Crippen MR) is 90.1 cm³/mol. The molecular formula is C16H19N3O2S. The van der Waals surface area contributed by atoms with Gasteiger partial charge in [-0.1, -0.05) is 12.1 Å². The van der Waals surface area contributed by atoms with Crippen LogP contribution in [0.25, 0.3) is 0 Å². The van der Waals surface area contributed by atoms with E-state index in [0.29, 0.717) is 6.54 Å². The molecule has 0 aliphatic carbocycles. The minimum absolute atomic E-state index is 0.0715. The summed E-state index contributed by atoms with van der Waals surface area (Å²) in [4.78, 5) is 24.1. The van der Waals surface area contributed by atoms with Crippen LogP contribution in [0.3, 0.4) is 0 Å². The molecule has 0 saturated carbocycles. The van der Waals surface area contributed by atoms with Crippen molar-refractivity contribution in [3.05, 3.63) is 46.2 Å². The molecule has 6 heteroatoms. The third kappa shape index (κ3) is 4.60. The van der Waals surface area contributed by atoms with Crippen molar-refractivity contribution in [1.29, 1.82) is 0 Å². The van der Waals surface area contributed by atoms with Gasteiger partial charge >= 0.3 is 0 Å². The molecule has 0 fully saturated rings. The van der Waals surface area contributed by atoms with Gasteiger partial charge in [0.05, 0.1) is 13.1 Å². The molecule has 5 nitrogen and oxygen atoms in total. The van der Waals surface area contributed by atoms with E-state index in [0.717, 1.165) is 21.8 Å². The third-order valence-corrected chi connectivity index (χ3v) is 4.00. The summed E-state index contributed by atoms with van der Waals surface area (Å²) in [5.41, 5.74) is 2.48. The zero-order valence-corrected chi connectivity index (χ0v) is 13.4. The summed E-state index contributed by atoms with van der Waals surface area (Å²) >= 11 is 1.61. The molecule has 22 heavy (non-hydrogen) atoms. The maximum absolute atomic E-state index is 11.8. The minimum Gasteiger partial charge on any atom is -0.376 e. The Bertz CT molecular complexity index is 653. The Hall–Kier alpha value is -2.34. The van der Waals surface area contributed by atoms with E-state index in [1.807, 2.05) is 42.6 Å². The first-order valence-corrected chi connectivity index (χ1v) is 7.84. The van der Waals surface area contributed by atoms with Crippen LogP contribution in [0.4, 0.5) is 11.4 Å². The first-order chi connectivity index (χ1) is 10.6. The number of thiophene rings is 1. The molecule has 0 radical (unpaired) electrons. The molecule has 1 aromatic carbocycles. The summed E-state index contributed by atoms with van der Waals surface area (Å²) in [6, 6.07) is 9.50. The summed E-state index contributed by atoms with van der Waals surface area (Å²) in [5.74, 6) is -0.188. The van der Waals surface area contributed by atoms with E-state index in [-0.39, 0.29) is 18.4 Å².